The van der Waals surface area contributed by atoms with E-state index in [0.717, 1.165) is 5.56 Å². The first-order chi connectivity index (χ1) is 8.06. The van der Waals surface area contributed by atoms with E-state index in [2.05, 4.69) is 0 Å². The Balaban J connectivity index is 2.84. The number of carbonyl (C=O) groups excluding carboxylic acids is 2. The summed E-state index contributed by atoms with van der Waals surface area (Å²) >= 11 is 0. The normalized spacial score (nSPS) is 10.1. The second-order valence-electron chi connectivity index (χ2n) is 3.98. The van der Waals surface area contributed by atoms with Crippen LogP contribution in [0.1, 0.15) is 29.3 Å². The van der Waals surface area contributed by atoms with Gasteiger partial charge in [-0.1, -0.05) is 17.7 Å². The lowest BCUT2D eigenvalue weighted by Gasteiger charge is -2.18. The number of amides is 2. The highest BCUT2D eigenvalue weighted by Gasteiger charge is 2.18. The Morgan fingerprint density at radius 1 is 1.24 bits per heavy atom. The molecule has 0 aliphatic carbocycles. The largest absolute Gasteiger partial charge is 0.330 e. The predicted molar refractivity (Wildman–Crippen MR) is 66.6 cm³/mol. The maximum Gasteiger partial charge on any atom is 0.260 e. The molecule has 1 aromatic carbocycles. The molecule has 0 atom stereocenters. The molecule has 1 aromatic rings. The van der Waals surface area contributed by atoms with E-state index in [1.54, 1.807) is 12.1 Å². The predicted octanol–water partition coefficient (Wildman–Crippen LogP) is 1.33. The Kier molecular flexibility index (Phi) is 4.84. The van der Waals surface area contributed by atoms with E-state index in [4.69, 9.17) is 5.73 Å². The lowest BCUT2D eigenvalue weighted by molar-refractivity contribution is -0.126. The van der Waals surface area contributed by atoms with Crippen molar-refractivity contribution in [2.45, 2.75) is 20.3 Å². The summed E-state index contributed by atoms with van der Waals surface area (Å²) in [5.74, 6) is -0.505. The summed E-state index contributed by atoms with van der Waals surface area (Å²) < 4.78 is 0. The van der Waals surface area contributed by atoms with E-state index in [0.29, 0.717) is 25.1 Å². The molecular weight excluding hydrogens is 216 g/mol. The molecule has 0 fully saturated rings. The molecule has 0 radical (unpaired) electrons. The van der Waals surface area contributed by atoms with E-state index in [1.165, 1.54) is 11.8 Å². The summed E-state index contributed by atoms with van der Waals surface area (Å²) in [4.78, 5) is 24.7. The highest BCUT2D eigenvalue weighted by Crippen LogP contribution is 2.08. The summed E-state index contributed by atoms with van der Waals surface area (Å²) in [5.41, 5.74) is 7.00. The van der Waals surface area contributed by atoms with E-state index < -0.39 is 0 Å². The summed E-state index contributed by atoms with van der Waals surface area (Å²) in [6.45, 7) is 4.18. The molecule has 0 heterocycles. The van der Waals surface area contributed by atoms with Gasteiger partial charge in [-0.05, 0) is 32.0 Å². The van der Waals surface area contributed by atoms with Gasteiger partial charge in [-0.2, -0.15) is 0 Å². The van der Waals surface area contributed by atoms with Gasteiger partial charge in [0.2, 0.25) is 5.91 Å². The zero-order chi connectivity index (χ0) is 12.8. The van der Waals surface area contributed by atoms with E-state index in [9.17, 15) is 9.59 Å². The van der Waals surface area contributed by atoms with Crippen LogP contribution in [0.15, 0.2) is 24.3 Å². The molecule has 0 bridgehead atoms. The number of imide groups is 1. The highest BCUT2D eigenvalue weighted by atomic mass is 16.2. The number of hydrogen-bond donors (Lipinski definition) is 1. The van der Waals surface area contributed by atoms with Crippen molar-refractivity contribution in [3.8, 4) is 0 Å². The van der Waals surface area contributed by atoms with Gasteiger partial charge >= 0.3 is 0 Å². The van der Waals surface area contributed by atoms with Crippen LogP contribution < -0.4 is 5.73 Å². The average Bonchev–Trinajstić information content (AvgIpc) is 2.29. The standard InChI is InChI=1S/C13H18N2O2/c1-10-4-6-12(7-5-10)13(17)15(11(2)16)9-3-8-14/h4-7H,3,8-9,14H2,1-2H3. The lowest BCUT2D eigenvalue weighted by Crippen LogP contribution is -2.36. The molecule has 1 rings (SSSR count). The van der Waals surface area contributed by atoms with Gasteiger partial charge in [0.05, 0.1) is 0 Å². The van der Waals surface area contributed by atoms with Crippen molar-refractivity contribution in [3.05, 3.63) is 35.4 Å². The van der Waals surface area contributed by atoms with Gasteiger partial charge in [0.1, 0.15) is 0 Å². The Labute approximate surface area is 101 Å². The van der Waals surface area contributed by atoms with E-state index in [-0.39, 0.29) is 11.8 Å². The van der Waals surface area contributed by atoms with Crippen LogP contribution in [0.5, 0.6) is 0 Å². The lowest BCUT2D eigenvalue weighted by atomic mass is 10.1. The number of carbonyl (C=O) groups is 2. The first kappa shape index (κ1) is 13.4. The molecule has 4 heteroatoms. The molecule has 0 aliphatic heterocycles. The molecule has 4 nitrogen and oxygen atoms in total. The summed E-state index contributed by atoms with van der Waals surface area (Å²) in [7, 11) is 0. The van der Waals surface area contributed by atoms with Crippen LogP contribution in [0, 0.1) is 6.92 Å². The fourth-order valence-corrected chi connectivity index (χ4v) is 1.50. The van der Waals surface area contributed by atoms with Crippen molar-refractivity contribution in [2.75, 3.05) is 13.1 Å². The van der Waals surface area contributed by atoms with Crippen LogP contribution >= 0.6 is 0 Å². The average molecular weight is 234 g/mol. The van der Waals surface area contributed by atoms with Crippen molar-refractivity contribution in [1.82, 2.24) is 4.90 Å². The van der Waals surface area contributed by atoms with Crippen LogP contribution in [0.25, 0.3) is 0 Å². The molecule has 0 aliphatic rings. The first-order valence-electron chi connectivity index (χ1n) is 5.65. The number of hydrogen-bond acceptors (Lipinski definition) is 3. The summed E-state index contributed by atoms with van der Waals surface area (Å²) in [5, 5.41) is 0. The smallest absolute Gasteiger partial charge is 0.260 e. The SMILES string of the molecule is CC(=O)N(CCCN)C(=O)c1ccc(C)cc1. The zero-order valence-electron chi connectivity index (χ0n) is 10.3. The first-order valence-corrected chi connectivity index (χ1v) is 5.65. The van der Waals surface area contributed by atoms with Gasteiger partial charge in [-0.3, -0.25) is 14.5 Å². The maximum atomic E-state index is 12.1. The maximum absolute atomic E-state index is 12.1. The molecule has 0 saturated heterocycles. The van der Waals surface area contributed by atoms with E-state index >= 15 is 0 Å². The minimum atomic E-state index is -0.258. The number of rotatable bonds is 4. The van der Waals surface area contributed by atoms with Crippen LogP contribution in [0.3, 0.4) is 0 Å². The van der Waals surface area contributed by atoms with Crippen molar-refractivity contribution in [2.24, 2.45) is 5.73 Å². The fraction of sp³-hybridized carbons (Fsp3) is 0.385. The van der Waals surface area contributed by atoms with Gasteiger partial charge in [0.25, 0.3) is 5.91 Å². The zero-order valence-corrected chi connectivity index (χ0v) is 10.3. The van der Waals surface area contributed by atoms with Crippen molar-refractivity contribution in [3.63, 3.8) is 0 Å². The van der Waals surface area contributed by atoms with Gasteiger partial charge in [0.15, 0.2) is 0 Å². The molecule has 0 aromatic heterocycles. The molecular formula is C13H18N2O2. The topological polar surface area (TPSA) is 63.4 Å². The molecule has 17 heavy (non-hydrogen) atoms. The Morgan fingerprint density at radius 3 is 2.29 bits per heavy atom. The minimum absolute atomic E-state index is 0.246. The van der Waals surface area contributed by atoms with Crippen LogP contribution in [-0.4, -0.2) is 29.8 Å². The van der Waals surface area contributed by atoms with Gasteiger partial charge in [0, 0.05) is 19.0 Å². The Bertz CT molecular complexity index is 398. The van der Waals surface area contributed by atoms with Crippen LogP contribution in [0.2, 0.25) is 0 Å². The molecule has 0 unspecified atom stereocenters. The third kappa shape index (κ3) is 3.67. The molecule has 2 N–H and O–H groups in total. The Morgan fingerprint density at radius 2 is 1.82 bits per heavy atom. The van der Waals surface area contributed by atoms with Gasteiger partial charge in [-0.15, -0.1) is 0 Å². The van der Waals surface area contributed by atoms with Gasteiger partial charge in [-0.25, -0.2) is 0 Å². The van der Waals surface area contributed by atoms with Crippen LogP contribution in [0.4, 0.5) is 0 Å². The fourth-order valence-electron chi connectivity index (χ4n) is 1.50. The minimum Gasteiger partial charge on any atom is -0.330 e. The molecule has 2 amide bonds. The van der Waals surface area contributed by atoms with Crippen LogP contribution in [-0.2, 0) is 4.79 Å². The molecule has 92 valence electrons. The van der Waals surface area contributed by atoms with Crippen molar-refractivity contribution < 1.29 is 9.59 Å². The van der Waals surface area contributed by atoms with E-state index in [1.807, 2.05) is 19.1 Å². The summed E-state index contributed by atoms with van der Waals surface area (Å²) in [6.07, 6.45) is 0.622. The Hall–Kier alpha value is -1.68. The highest BCUT2D eigenvalue weighted by molar-refractivity contribution is 6.04. The quantitative estimate of drug-likeness (QED) is 0.855. The van der Waals surface area contributed by atoms with Crippen molar-refractivity contribution in [1.29, 1.82) is 0 Å². The molecule has 0 saturated carbocycles. The third-order valence-corrected chi connectivity index (χ3v) is 2.51. The second kappa shape index (κ2) is 6.15. The number of nitrogens with two attached hydrogens (primary N) is 1. The number of benzene rings is 1. The number of aryl methyl sites for hydroxylation is 1. The van der Waals surface area contributed by atoms with Crippen molar-refractivity contribution >= 4 is 11.8 Å². The van der Waals surface area contributed by atoms with Gasteiger partial charge < -0.3 is 5.73 Å². The monoisotopic (exact) mass is 234 g/mol. The number of nitrogens with zero attached hydrogens (tertiary/aromatic N) is 1. The second-order valence-corrected chi connectivity index (χ2v) is 3.98. The summed E-state index contributed by atoms with van der Waals surface area (Å²) in [6, 6.07) is 7.18. The molecule has 0 spiro atoms. The third-order valence-electron chi connectivity index (χ3n) is 2.51.